The fraction of sp³-hybridized carbons (Fsp3) is 0.100. The summed E-state index contributed by atoms with van der Waals surface area (Å²) in [6, 6.07) is 3.92. The maximum absolute atomic E-state index is 13.7. The zero-order valence-corrected chi connectivity index (χ0v) is 8.49. The van der Waals surface area contributed by atoms with Crippen molar-refractivity contribution in [3.8, 4) is 22.8 Å². The number of nitrogens with two attached hydrogens (primary N) is 1. The van der Waals surface area contributed by atoms with E-state index in [-0.39, 0.29) is 22.9 Å². The van der Waals surface area contributed by atoms with E-state index >= 15 is 0 Å². The monoisotopic (exact) mass is 223 g/mol. The SMILES string of the molecule is COc1cc(O)c(-c2cc(N)n[nH]2)c(F)c1. The van der Waals surface area contributed by atoms with Crippen LogP contribution in [0.2, 0.25) is 0 Å². The highest BCUT2D eigenvalue weighted by Crippen LogP contribution is 2.34. The summed E-state index contributed by atoms with van der Waals surface area (Å²) in [4.78, 5) is 0. The largest absolute Gasteiger partial charge is 0.507 e. The third-order valence-electron chi connectivity index (χ3n) is 2.15. The molecule has 1 aromatic heterocycles. The molecule has 5 nitrogen and oxygen atoms in total. The first kappa shape index (κ1) is 10.3. The molecule has 84 valence electrons. The van der Waals surface area contributed by atoms with Gasteiger partial charge in [0, 0.05) is 18.2 Å². The Morgan fingerprint density at radius 3 is 2.69 bits per heavy atom. The molecule has 0 fully saturated rings. The van der Waals surface area contributed by atoms with E-state index in [1.807, 2.05) is 0 Å². The fourth-order valence-electron chi connectivity index (χ4n) is 1.42. The molecule has 0 aliphatic rings. The van der Waals surface area contributed by atoms with Crippen molar-refractivity contribution in [2.45, 2.75) is 0 Å². The number of aromatic hydroxyl groups is 1. The van der Waals surface area contributed by atoms with Crippen LogP contribution in [0, 0.1) is 5.82 Å². The smallest absolute Gasteiger partial charge is 0.145 e. The van der Waals surface area contributed by atoms with Gasteiger partial charge in [0.15, 0.2) is 0 Å². The van der Waals surface area contributed by atoms with Gasteiger partial charge in [-0.25, -0.2) is 4.39 Å². The van der Waals surface area contributed by atoms with Crippen LogP contribution in [0.4, 0.5) is 10.2 Å². The van der Waals surface area contributed by atoms with Crippen molar-refractivity contribution in [1.29, 1.82) is 0 Å². The maximum Gasteiger partial charge on any atom is 0.145 e. The van der Waals surface area contributed by atoms with Crippen molar-refractivity contribution in [3.63, 3.8) is 0 Å². The average Bonchev–Trinajstić information content (AvgIpc) is 2.63. The van der Waals surface area contributed by atoms with E-state index in [4.69, 9.17) is 10.5 Å². The van der Waals surface area contributed by atoms with E-state index in [1.54, 1.807) is 0 Å². The molecule has 0 spiro atoms. The van der Waals surface area contributed by atoms with Gasteiger partial charge in [-0.1, -0.05) is 0 Å². The predicted molar refractivity (Wildman–Crippen MR) is 56.6 cm³/mol. The lowest BCUT2D eigenvalue weighted by molar-refractivity contribution is 0.403. The number of methoxy groups -OCH3 is 1. The number of anilines is 1. The molecule has 0 bridgehead atoms. The van der Waals surface area contributed by atoms with E-state index in [2.05, 4.69) is 10.2 Å². The Labute approximate surface area is 90.7 Å². The second-order valence-corrected chi connectivity index (χ2v) is 3.21. The van der Waals surface area contributed by atoms with Crippen molar-refractivity contribution in [1.82, 2.24) is 10.2 Å². The number of hydrogen-bond donors (Lipinski definition) is 3. The van der Waals surface area contributed by atoms with E-state index in [0.717, 1.165) is 0 Å². The lowest BCUT2D eigenvalue weighted by Crippen LogP contribution is -1.89. The van der Waals surface area contributed by atoms with Gasteiger partial charge in [-0.15, -0.1) is 0 Å². The summed E-state index contributed by atoms with van der Waals surface area (Å²) in [5, 5.41) is 15.8. The highest BCUT2D eigenvalue weighted by atomic mass is 19.1. The molecule has 2 rings (SSSR count). The lowest BCUT2D eigenvalue weighted by atomic mass is 10.1. The fourth-order valence-corrected chi connectivity index (χ4v) is 1.42. The van der Waals surface area contributed by atoms with Crippen LogP contribution >= 0.6 is 0 Å². The summed E-state index contributed by atoms with van der Waals surface area (Å²) in [5.74, 6) is -0.378. The number of nitrogen functional groups attached to an aromatic ring is 1. The van der Waals surface area contributed by atoms with E-state index in [1.165, 1.54) is 25.3 Å². The normalized spacial score (nSPS) is 10.4. The summed E-state index contributed by atoms with van der Waals surface area (Å²) in [7, 11) is 1.39. The van der Waals surface area contributed by atoms with Crippen LogP contribution in [-0.4, -0.2) is 22.4 Å². The van der Waals surface area contributed by atoms with Gasteiger partial charge < -0.3 is 15.6 Å². The maximum atomic E-state index is 13.7. The van der Waals surface area contributed by atoms with Crippen LogP contribution in [-0.2, 0) is 0 Å². The first-order valence-corrected chi connectivity index (χ1v) is 4.49. The van der Waals surface area contributed by atoms with E-state index in [9.17, 15) is 9.50 Å². The molecule has 0 unspecified atom stereocenters. The third-order valence-corrected chi connectivity index (χ3v) is 2.15. The van der Waals surface area contributed by atoms with Gasteiger partial charge in [0.05, 0.1) is 18.4 Å². The summed E-state index contributed by atoms with van der Waals surface area (Å²) >= 11 is 0. The lowest BCUT2D eigenvalue weighted by Gasteiger charge is -2.06. The second kappa shape index (κ2) is 3.73. The molecule has 0 saturated heterocycles. The van der Waals surface area contributed by atoms with Gasteiger partial charge in [-0.3, -0.25) is 5.10 Å². The number of ether oxygens (including phenoxy) is 1. The van der Waals surface area contributed by atoms with Gasteiger partial charge >= 0.3 is 0 Å². The Kier molecular flexibility index (Phi) is 2.40. The van der Waals surface area contributed by atoms with Crippen LogP contribution < -0.4 is 10.5 Å². The number of H-pyrrole nitrogens is 1. The van der Waals surface area contributed by atoms with Crippen molar-refractivity contribution in [2.75, 3.05) is 12.8 Å². The van der Waals surface area contributed by atoms with Gasteiger partial charge in [0.1, 0.15) is 23.1 Å². The van der Waals surface area contributed by atoms with Gasteiger partial charge in [-0.05, 0) is 0 Å². The van der Waals surface area contributed by atoms with Gasteiger partial charge in [-0.2, -0.15) is 5.10 Å². The molecule has 0 amide bonds. The number of aromatic nitrogens is 2. The molecule has 0 saturated carbocycles. The quantitative estimate of drug-likeness (QED) is 0.720. The average molecular weight is 223 g/mol. The third kappa shape index (κ3) is 1.65. The summed E-state index contributed by atoms with van der Waals surface area (Å²) in [6.45, 7) is 0. The standard InChI is InChI=1S/C10H10FN3O2/c1-16-5-2-6(11)10(8(15)3-5)7-4-9(12)14-13-7/h2-4,15H,1H3,(H3,12,13,14). The van der Waals surface area contributed by atoms with Crippen molar-refractivity contribution in [2.24, 2.45) is 0 Å². The molecule has 4 N–H and O–H groups in total. The van der Waals surface area contributed by atoms with Crippen LogP contribution in [0.25, 0.3) is 11.3 Å². The molecule has 0 aliphatic carbocycles. The van der Waals surface area contributed by atoms with Crippen LogP contribution in [0.1, 0.15) is 0 Å². The first-order chi connectivity index (χ1) is 7.61. The number of aromatic amines is 1. The molecule has 6 heteroatoms. The molecular weight excluding hydrogens is 213 g/mol. The van der Waals surface area contributed by atoms with Gasteiger partial charge in [0.25, 0.3) is 0 Å². The number of benzene rings is 1. The Balaban J connectivity index is 2.57. The summed E-state index contributed by atoms with van der Waals surface area (Å²) in [5.41, 5.74) is 5.73. The minimum atomic E-state index is -0.611. The van der Waals surface area contributed by atoms with Crippen molar-refractivity contribution >= 4 is 5.82 Å². The first-order valence-electron chi connectivity index (χ1n) is 4.49. The molecule has 0 radical (unpaired) electrons. The Morgan fingerprint density at radius 1 is 1.44 bits per heavy atom. The van der Waals surface area contributed by atoms with E-state index < -0.39 is 5.82 Å². The molecular formula is C10H10FN3O2. The second-order valence-electron chi connectivity index (χ2n) is 3.21. The summed E-state index contributed by atoms with van der Waals surface area (Å²) in [6.07, 6.45) is 0. The Morgan fingerprint density at radius 2 is 2.19 bits per heavy atom. The van der Waals surface area contributed by atoms with Crippen molar-refractivity contribution in [3.05, 3.63) is 24.0 Å². The van der Waals surface area contributed by atoms with Crippen LogP contribution in [0.15, 0.2) is 18.2 Å². The number of hydrogen-bond acceptors (Lipinski definition) is 4. The minimum Gasteiger partial charge on any atom is -0.507 e. The molecule has 2 aromatic rings. The molecule has 0 aliphatic heterocycles. The highest BCUT2D eigenvalue weighted by Gasteiger charge is 2.14. The molecule has 16 heavy (non-hydrogen) atoms. The topological polar surface area (TPSA) is 84.2 Å². The minimum absolute atomic E-state index is 0.0185. The number of halogens is 1. The number of phenols is 1. The summed E-state index contributed by atoms with van der Waals surface area (Å²) < 4.78 is 18.5. The Hall–Kier alpha value is -2.24. The number of nitrogens with zero attached hydrogens (tertiary/aromatic N) is 1. The predicted octanol–water partition coefficient (Wildman–Crippen LogP) is 1.51. The molecule has 0 atom stereocenters. The number of nitrogens with one attached hydrogen (secondary N) is 1. The highest BCUT2D eigenvalue weighted by molar-refractivity contribution is 5.70. The number of rotatable bonds is 2. The number of phenolic OH excluding ortho intramolecular Hbond substituents is 1. The van der Waals surface area contributed by atoms with E-state index in [0.29, 0.717) is 5.69 Å². The Bertz CT molecular complexity index is 502. The zero-order chi connectivity index (χ0) is 11.7. The van der Waals surface area contributed by atoms with Crippen LogP contribution in [0.5, 0.6) is 11.5 Å². The zero-order valence-electron chi connectivity index (χ0n) is 8.49. The van der Waals surface area contributed by atoms with Crippen LogP contribution in [0.3, 0.4) is 0 Å². The molecule has 1 heterocycles. The molecule has 1 aromatic carbocycles. The van der Waals surface area contributed by atoms with Crippen molar-refractivity contribution < 1.29 is 14.2 Å². The van der Waals surface area contributed by atoms with Gasteiger partial charge in [0.2, 0.25) is 0 Å².